The predicted molar refractivity (Wildman–Crippen MR) is 110 cm³/mol. The third-order valence-electron chi connectivity index (χ3n) is 3.08. The second kappa shape index (κ2) is 12.9. The Labute approximate surface area is 160 Å². The number of pyridine rings is 1. The number of nitrogens with zero attached hydrogens (tertiary/aromatic N) is 3. The van der Waals surface area contributed by atoms with E-state index in [0.29, 0.717) is 11.6 Å². The number of terminal acetylenes is 1. The normalized spacial score (nSPS) is 10.0. The zero-order valence-electron chi connectivity index (χ0n) is 16.4. The van der Waals surface area contributed by atoms with Gasteiger partial charge in [-0.05, 0) is 25.1 Å². The van der Waals surface area contributed by atoms with Gasteiger partial charge >= 0.3 is 5.97 Å². The fourth-order valence-electron chi connectivity index (χ4n) is 1.99. The van der Waals surface area contributed by atoms with Crippen molar-refractivity contribution in [3.63, 3.8) is 0 Å². The molecule has 144 valence electrons. The average Bonchev–Trinajstić information content (AvgIpc) is 3.17. The van der Waals surface area contributed by atoms with Crippen molar-refractivity contribution < 1.29 is 9.90 Å². The molecular formula is C20H27N5O2. The lowest BCUT2D eigenvalue weighted by Gasteiger charge is -2.10. The first-order chi connectivity index (χ1) is 13.1. The minimum absolute atomic E-state index is 0.466. The van der Waals surface area contributed by atoms with E-state index in [9.17, 15) is 4.79 Å². The largest absolute Gasteiger partial charge is 0.480 e. The zero-order chi connectivity index (χ0) is 20.8. The number of hydrogen-bond acceptors (Lipinski definition) is 5. The first-order valence-corrected chi connectivity index (χ1v) is 8.73. The maximum atomic E-state index is 10.9. The molecule has 7 nitrogen and oxygen atoms in total. The van der Waals surface area contributed by atoms with Gasteiger partial charge in [-0.2, -0.15) is 0 Å². The Morgan fingerprint density at radius 3 is 2.44 bits per heavy atom. The van der Waals surface area contributed by atoms with Gasteiger partial charge in [0.1, 0.15) is 17.5 Å². The van der Waals surface area contributed by atoms with Crippen molar-refractivity contribution in [1.82, 2.24) is 19.9 Å². The van der Waals surface area contributed by atoms with E-state index in [4.69, 9.17) is 5.11 Å². The summed E-state index contributed by atoms with van der Waals surface area (Å²) in [5.41, 5.74) is 1.58. The Morgan fingerprint density at radius 1 is 1.15 bits per heavy atom. The highest BCUT2D eigenvalue weighted by molar-refractivity contribution is 5.91. The summed E-state index contributed by atoms with van der Waals surface area (Å²) in [7, 11) is 0. The molecule has 0 radical (unpaired) electrons. The van der Waals surface area contributed by atoms with E-state index in [-0.39, 0.29) is 0 Å². The van der Waals surface area contributed by atoms with E-state index in [1.54, 1.807) is 31.6 Å². The summed E-state index contributed by atoms with van der Waals surface area (Å²) in [5.74, 6) is 0.0384. The number of aromatic nitrogens is 4. The molecule has 0 fully saturated rings. The smallest absolute Gasteiger partial charge is 0.325 e. The number of carbonyl (C=O) groups is 1. The molecular weight excluding hydrogens is 342 g/mol. The topological polar surface area (TPSA) is 104 Å². The quantitative estimate of drug-likeness (QED) is 0.595. The molecule has 3 aromatic rings. The molecule has 3 heterocycles. The minimum Gasteiger partial charge on any atom is -0.480 e. The van der Waals surface area contributed by atoms with Gasteiger partial charge in [-0.15, -0.1) is 12.8 Å². The SMILES string of the molecule is C#C.CC.CC.C[C@H](Nc1ccnc(-c2c[nH]c3ncccc23)n1)C(=O)O. The molecule has 0 amide bonds. The molecule has 3 rings (SSSR count). The van der Waals surface area contributed by atoms with Gasteiger partial charge in [0.2, 0.25) is 0 Å². The molecule has 0 aliphatic carbocycles. The van der Waals surface area contributed by atoms with E-state index in [1.807, 2.05) is 39.8 Å². The number of anilines is 1. The third-order valence-corrected chi connectivity index (χ3v) is 3.08. The Bertz CT molecular complexity index is 842. The van der Waals surface area contributed by atoms with Gasteiger partial charge in [-0.1, -0.05) is 27.7 Å². The van der Waals surface area contributed by atoms with Crippen molar-refractivity contribution >= 4 is 22.8 Å². The van der Waals surface area contributed by atoms with E-state index in [2.05, 4.69) is 38.1 Å². The number of aromatic amines is 1. The second-order valence-corrected chi connectivity index (χ2v) is 4.57. The highest BCUT2D eigenvalue weighted by atomic mass is 16.4. The van der Waals surface area contributed by atoms with Gasteiger partial charge in [-0.3, -0.25) is 4.79 Å². The lowest BCUT2D eigenvalue weighted by Crippen LogP contribution is -2.25. The fraction of sp³-hybridized carbons (Fsp3) is 0.300. The summed E-state index contributed by atoms with van der Waals surface area (Å²) < 4.78 is 0. The van der Waals surface area contributed by atoms with Crippen LogP contribution in [0.25, 0.3) is 22.4 Å². The van der Waals surface area contributed by atoms with Crippen LogP contribution in [0.2, 0.25) is 0 Å². The molecule has 27 heavy (non-hydrogen) atoms. The molecule has 0 saturated carbocycles. The third kappa shape index (κ3) is 6.44. The number of carboxylic acids is 1. The Morgan fingerprint density at radius 2 is 1.81 bits per heavy atom. The van der Waals surface area contributed by atoms with E-state index in [0.717, 1.165) is 16.6 Å². The number of aliphatic carboxylic acids is 1. The number of nitrogens with one attached hydrogen (secondary N) is 2. The van der Waals surface area contributed by atoms with Crippen LogP contribution in [0.15, 0.2) is 36.8 Å². The molecule has 3 aromatic heterocycles. The molecule has 0 bridgehead atoms. The van der Waals surface area contributed by atoms with Crippen LogP contribution >= 0.6 is 0 Å². The Kier molecular flexibility index (Phi) is 11.3. The lowest BCUT2D eigenvalue weighted by molar-refractivity contribution is -0.137. The van der Waals surface area contributed by atoms with Crippen LogP contribution in [0.3, 0.4) is 0 Å². The molecule has 1 atom stereocenters. The average molecular weight is 369 g/mol. The summed E-state index contributed by atoms with van der Waals surface area (Å²) in [6, 6.07) is 4.68. The van der Waals surface area contributed by atoms with Crippen LogP contribution in [0.4, 0.5) is 5.82 Å². The van der Waals surface area contributed by atoms with Crippen molar-refractivity contribution in [3.05, 3.63) is 36.8 Å². The number of rotatable bonds is 4. The van der Waals surface area contributed by atoms with Crippen molar-refractivity contribution in [2.45, 2.75) is 40.7 Å². The molecule has 0 saturated heterocycles. The van der Waals surface area contributed by atoms with Gasteiger partial charge in [0.05, 0.1) is 0 Å². The van der Waals surface area contributed by atoms with Gasteiger partial charge in [0.15, 0.2) is 5.82 Å². The summed E-state index contributed by atoms with van der Waals surface area (Å²) in [4.78, 5) is 26.7. The van der Waals surface area contributed by atoms with Crippen molar-refractivity contribution in [2.24, 2.45) is 0 Å². The maximum Gasteiger partial charge on any atom is 0.325 e. The summed E-state index contributed by atoms with van der Waals surface area (Å²) >= 11 is 0. The van der Waals surface area contributed by atoms with Gasteiger partial charge < -0.3 is 15.4 Å². The van der Waals surface area contributed by atoms with Crippen LogP contribution in [-0.4, -0.2) is 37.1 Å². The standard InChI is InChI=1S/C14H13N5O2.2C2H6.C2H2/c1-8(14(20)21)18-11-4-6-16-13(19-11)10-7-17-12-9(10)3-2-5-15-12;3*1-2/h2-8H,1H3,(H,15,17)(H,20,21)(H,16,18,19);2*1-2H3;1-2H/t8-;;;/m0.../s1. The molecule has 0 aliphatic rings. The molecule has 0 unspecified atom stereocenters. The lowest BCUT2D eigenvalue weighted by atomic mass is 10.2. The molecule has 0 spiro atoms. The number of H-pyrrole nitrogens is 1. The van der Waals surface area contributed by atoms with Crippen LogP contribution in [0.5, 0.6) is 0 Å². The van der Waals surface area contributed by atoms with E-state index < -0.39 is 12.0 Å². The van der Waals surface area contributed by atoms with E-state index in [1.165, 1.54) is 0 Å². The maximum absolute atomic E-state index is 10.9. The molecule has 3 N–H and O–H groups in total. The summed E-state index contributed by atoms with van der Waals surface area (Å²) in [6.45, 7) is 9.56. The van der Waals surface area contributed by atoms with Gasteiger partial charge in [-0.25, -0.2) is 15.0 Å². The van der Waals surface area contributed by atoms with Crippen LogP contribution < -0.4 is 5.32 Å². The van der Waals surface area contributed by atoms with Crippen LogP contribution in [0, 0.1) is 12.8 Å². The van der Waals surface area contributed by atoms with E-state index >= 15 is 0 Å². The van der Waals surface area contributed by atoms with Crippen molar-refractivity contribution in [3.8, 4) is 24.2 Å². The number of carboxylic acid groups (broad SMARTS) is 1. The molecule has 0 aromatic carbocycles. The Balaban J connectivity index is 0.00000103. The molecule has 0 aliphatic heterocycles. The van der Waals surface area contributed by atoms with Crippen LogP contribution in [-0.2, 0) is 4.79 Å². The highest BCUT2D eigenvalue weighted by Gasteiger charge is 2.13. The highest BCUT2D eigenvalue weighted by Crippen LogP contribution is 2.25. The zero-order valence-corrected chi connectivity index (χ0v) is 16.4. The first-order valence-electron chi connectivity index (χ1n) is 8.73. The monoisotopic (exact) mass is 369 g/mol. The summed E-state index contributed by atoms with van der Waals surface area (Å²) in [5, 5.41) is 12.7. The number of fused-ring (bicyclic) bond motifs is 1. The van der Waals surface area contributed by atoms with Crippen LogP contribution in [0.1, 0.15) is 34.6 Å². The van der Waals surface area contributed by atoms with Crippen molar-refractivity contribution in [1.29, 1.82) is 0 Å². The fourth-order valence-corrected chi connectivity index (χ4v) is 1.99. The predicted octanol–water partition coefficient (Wildman–Crippen LogP) is 4.21. The molecule has 7 heteroatoms. The second-order valence-electron chi connectivity index (χ2n) is 4.57. The minimum atomic E-state index is -0.938. The summed E-state index contributed by atoms with van der Waals surface area (Å²) in [6.07, 6.45) is 13.1. The first kappa shape index (κ1) is 23.6. The van der Waals surface area contributed by atoms with Crippen molar-refractivity contribution in [2.75, 3.05) is 5.32 Å². The van der Waals surface area contributed by atoms with Gasteiger partial charge in [0.25, 0.3) is 0 Å². The Hall–Kier alpha value is -3.40. The number of hydrogen-bond donors (Lipinski definition) is 3. The van der Waals surface area contributed by atoms with Gasteiger partial charge in [0, 0.05) is 29.5 Å².